The Labute approximate surface area is 72.9 Å². The van der Waals surface area contributed by atoms with Crippen LogP contribution >= 0.6 is 0 Å². The van der Waals surface area contributed by atoms with Gasteiger partial charge in [-0.15, -0.1) is 0 Å². The molecule has 0 unspecified atom stereocenters. The van der Waals surface area contributed by atoms with Gasteiger partial charge in [0.25, 0.3) is 0 Å². The van der Waals surface area contributed by atoms with Crippen molar-refractivity contribution in [1.29, 1.82) is 0 Å². The summed E-state index contributed by atoms with van der Waals surface area (Å²) in [5, 5.41) is 3.90. The highest BCUT2D eigenvalue weighted by molar-refractivity contribution is 5.17. The Hall–Kier alpha value is -0.790. The summed E-state index contributed by atoms with van der Waals surface area (Å²) in [4.78, 5) is 0. The van der Waals surface area contributed by atoms with Gasteiger partial charge >= 0.3 is 0 Å². The average molecular weight is 165 g/mol. The van der Waals surface area contributed by atoms with Crippen LogP contribution in [0.3, 0.4) is 0 Å². The van der Waals surface area contributed by atoms with E-state index in [0.29, 0.717) is 5.92 Å². The van der Waals surface area contributed by atoms with Crippen molar-refractivity contribution in [3.05, 3.63) is 17.5 Å². The second-order valence-corrected chi connectivity index (χ2v) is 4.12. The van der Waals surface area contributed by atoms with E-state index in [0.717, 1.165) is 23.3 Å². The first-order valence-corrected chi connectivity index (χ1v) is 4.61. The molecule has 1 aromatic rings. The molecule has 12 heavy (non-hydrogen) atoms. The molecule has 0 spiro atoms. The van der Waals surface area contributed by atoms with Crippen molar-refractivity contribution in [3.63, 3.8) is 0 Å². The van der Waals surface area contributed by atoms with Crippen LogP contribution in [0.4, 0.5) is 0 Å². The highest BCUT2D eigenvalue weighted by Crippen LogP contribution is 2.51. The summed E-state index contributed by atoms with van der Waals surface area (Å²) in [6, 6.07) is 2.06. The molecule has 2 nitrogen and oxygen atoms in total. The van der Waals surface area contributed by atoms with E-state index < -0.39 is 0 Å². The lowest BCUT2D eigenvalue weighted by molar-refractivity contribution is 0.371. The van der Waals surface area contributed by atoms with Crippen molar-refractivity contribution in [2.45, 2.75) is 33.1 Å². The number of aryl methyl sites for hydroxylation is 1. The van der Waals surface area contributed by atoms with Gasteiger partial charge in [-0.3, -0.25) is 0 Å². The number of nitrogens with zero attached hydrogens (tertiary/aromatic N) is 1. The fourth-order valence-corrected chi connectivity index (χ4v) is 1.84. The zero-order valence-corrected chi connectivity index (χ0v) is 7.87. The summed E-state index contributed by atoms with van der Waals surface area (Å²) in [6.45, 7) is 6.52. The van der Waals surface area contributed by atoms with E-state index in [1.165, 1.54) is 6.42 Å². The molecular weight excluding hydrogens is 150 g/mol. The van der Waals surface area contributed by atoms with Gasteiger partial charge in [-0.1, -0.05) is 19.0 Å². The fraction of sp³-hybridized carbons (Fsp3) is 0.700. The average Bonchev–Trinajstić information content (AvgIpc) is 2.70. The summed E-state index contributed by atoms with van der Waals surface area (Å²) in [6.07, 6.45) is 1.28. The molecule has 2 rings (SSSR count). The molecule has 2 heteroatoms. The van der Waals surface area contributed by atoms with Gasteiger partial charge in [0.1, 0.15) is 5.76 Å². The molecule has 0 radical (unpaired) electrons. The Morgan fingerprint density at radius 3 is 2.75 bits per heavy atom. The monoisotopic (exact) mass is 165 g/mol. The molecule has 1 aromatic heterocycles. The summed E-state index contributed by atoms with van der Waals surface area (Å²) in [5.74, 6) is 3.36. The van der Waals surface area contributed by atoms with Gasteiger partial charge in [-0.2, -0.15) is 0 Å². The molecule has 2 atom stereocenters. The van der Waals surface area contributed by atoms with Crippen molar-refractivity contribution < 1.29 is 4.52 Å². The minimum Gasteiger partial charge on any atom is -0.361 e. The second kappa shape index (κ2) is 2.61. The van der Waals surface area contributed by atoms with Crippen LogP contribution in [0.5, 0.6) is 0 Å². The smallest absolute Gasteiger partial charge is 0.140 e. The van der Waals surface area contributed by atoms with Crippen LogP contribution in [0.1, 0.15) is 37.6 Å². The predicted molar refractivity (Wildman–Crippen MR) is 46.9 cm³/mol. The van der Waals surface area contributed by atoms with Crippen LogP contribution in [0.25, 0.3) is 0 Å². The summed E-state index contributed by atoms with van der Waals surface area (Å²) >= 11 is 0. The highest BCUT2D eigenvalue weighted by atomic mass is 16.5. The van der Waals surface area contributed by atoms with E-state index in [1.807, 2.05) is 6.92 Å². The summed E-state index contributed by atoms with van der Waals surface area (Å²) in [7, 11) is 0. The van der Waals surface area contributed by atoms with E-state index in [-0.39, 0.29) is 0 Å². The Balaban J connectivity index is 2.05. The number of aromatic nitrogens is 1. The highest BCUT2D eigenvalue weighted by Gasteiger charge is 2.42. The van der Waals surface area contributed by atoms with E-state index >= 15 is 0 Å². The van der Waals surface area contributed by atoms with Gasteiger partial charge < -0.3 is 4.52 Å². The quantitative estimate of drug-likeness (QED) is 0.673. The lowest BCUT2D eigenvalue weighted by atomic mass is 10.1. The number of hydrogen-bond donors (Lipinski definition) is 0. The normalized spacial score (nSPS) is 28.0. The molecule has 1 aliphatic carbocycles. The van der Waals surface area contributed by atoms with Gasteiger partial charge in [0.2, 0.25) is 0 Å². The first kappa shape index (κ1) is 7.84. The standard InChI is InChI=1S/C10H15NO/c1-6(2)8-5-9(8)10-4-7(3)11-12-10/h4,6,8-9H,5H2,1-3H3/t8-,9+/m0/s1. The Morgan fingerprint density at radius 2 is 2.33 bits per heavy atom. The molecule has 0 bridgehead atoms. The van der Waals surface area contributed by atoms with Crippen molar-refractivity contribution in [2.75, 3.05) is 0 Å². The van der Waals surface area contributed by atoms with Gasteiger partial charge in [-0.05, 0) is 25.2 Å². The molecule has 1 fully saturated rings. The minimum atomic E-state index is 0.659. The van der Waals surface area contributed by atoms with Gasteiger partial charge in [0, 0.05) is 12.0 Å². The van der Waals surface area contributed by atoms with E-state index in [2.05, 4.69) is 25.1 Å². The molecule has 0 amide bonds. The van der Waals surface area contributed by atoms with Gasteiger partial charge in [0.15, 0.2) is 0 Å². The third-order valence-electron chi connectivity index (χ3n) is 2.71. The van der Waals surface area contributed by atoms with Crippen LogP contribution in [0.2, 0.25) is 0 Å². The van der Waals surface area contributed by atoms with Crippen LogP contribution in [0.15, 0.2) is 10.6 Å². The Morgan fingerprint density at radius 1 is 1.58 bits per heavy atom. The molecule has 1 saturated carbocycles. The number of rotatable bonds is 2. The molecule has 1 heterocycles. The largest absolute Gasteiger partial charge is 0.361 e. The Bertz CT molecular complexity index is 277. The first-order chi connectivity index (χ1) is 5.68. The zero-order valence-electron chi connectivity index (χ0n) is 7.87. The van der Waals surface area contributed by atoms with E-state index in [4.69, 9.17) is 4.52 Å². The lowest BCUT2D eigenvalue weighted by Gasteiger charge is -1.99. The predicted octanol–water partition coefficient (Wildman–Crippen LogP) is 2.74. The van der Waals surface area contributed by atoms with Crippen LogP contribution in [0, 0.1) is 18.8 Å². The topological polar surface area (TPSA) is 26.0 Å². The summed E-state index contributed by atoms with van der Waals surface area (Å²) < 4.78 is 5.22. The molecule has 0 aliphatic heterocycles. The van der Waals surface area contributed by atoms with E-state index in [1.54, 1.807) is 0 Å². The van der Waals surface area contributed by atoms with Crippen LogP contribution < -0.4 is 0 Å². The van der Waals surface area contributed by atoms with Crippen molar-refractivity contribution in [3.8, 4) is 0 Å². The maximum atomic E-state index is 5.22. The van der Waals surface area contributed by atoms with Crippen molar-refractivity contribution >= 4 is 0 Å². The first-order valence-electron chi connectivity index (χ1n) is 4.61. The molecule has 0 saturated heterocycles. The molecular formula is C10H15NO. The van der Waals surface area contributed by atoms with Crippen molar-refractivity contribution in [2.24, 2.45) is 11.8 Å². The van der Waals surface area contributed by atoms with Gasteiger partial charge in [-0.25, -0.2) is 0 Å². The fourth-order valence-electron chi connectivity index (χ4n) is 1.84. The molecule has 0 aromatic carbocycles. The maximum absolute atomic E-state index is 5.22. The van der Waals surface area contributed by atoms with Crippen LogP contribution in [-0.2, 0) is 0 Å². The van der Waals surface area contributed by atoms with Crippen molar-refractivity contribution in [1.82, 2.24) is 5.16 Å². The van der Waals surface area contributed by atoms with E-state index in [9.17, 15) is 0 Å². The molecule has 0 N–H and O–H groups in total. The van der Waals surface area contributed by atoms with Gasteiger partial charge in [0.05, 0.1) is 5.69 Å². The minimum absolute atomic E-state index is 0.659. The maximum Gasteiger partial charge on any atom is 0.140 e. The lowest BCUT2D eigenvalue weighted by Crippen LogP contribution is -1.90. The zero-order chi connectivity index (χ0) is 8.72. The third kappa shape index (κ3) is 1.26. The Kier molecular flexibility index (Phi) is 1.71. The molecule has 1 aliphatic rings. The third-order valence-corrected chi connectivity index (χ3v) is 2.71. The second-order valence-electron chi connectivity index (χ2n) is 4.12. The SMILES string of the molecule is Cc1cc([C@@H]2C[C@H]2C(C)C)on1. The molecule has 66 valence electrons. The van der Waals surface area contributed by atoms with Crippen LogP contribution in [-0.4, -0.2) is 5.16 Å². The summed E-state index contributed by atoms with van der Waals surface area (Å²) in [5.41, 5.74) is 0.999. The number of hydrogen-bond acceptors (Lipinski definition) is 2.